The first-order valence-electron chi connectivity index (χ1n) is 12.1. The van der Waals surface area contributed by atoms with Crippen LogP contribution in [0, 0.1) is 13.8 Å². The molecular weight excluding hydrogens is 448 g/mol. The van der Waals surface area contributed by atoms with E-state index >= 15 is 0 Å². The van der Waals surface area contributed by atoms with Gasteiger partial charge in [-0.15, -0.1) is 0 Å². The van der Waals surface area contributed by atoms with Crippen LogP contribution in [0.1, 0.15) is 17.0 Å². The molecule has 3 aliphatic heterocycles. The fourth-order valence-corrected chi connectivity index (χ4v) is 4.87. The maximum Gasteiger partial charge on any atom is 0.246 e. The second-order valence-electron chi connectivity index (χ2n) is 9.13. The molecule has 1 aromatic heterocycles. The number of hydrogen-bond donors (Lipinski definition) is 0. The molecule has 5 rings (SSSR count). The first-order chi connectivity index (χ1) is 17.0. The third kappa shape index (κ3) is 5.06. The summed E-state index contributed by atoms with van der Waals surface area (Å²) in [5.41, 5.74) is 4.13. The molecule has 186 valence electrons. The van der Waals surface area contributed by atoms with Gasteiger partial charge in [0.1, 0.15) is 0 Å². The Morgan fingerprint density at radius 3 is 2.43 bits per heavy atom. The van der Waals surface area contributed by atoms with Crippen molar-refractivity contribution in [2.24, 2.45) is 0 Å². The summed E-state index contributed by atoms with van der Waals surface area (Å²) in [5, 5.41) is 0. The normalized spacial score (nSPS) is 18.5. The molecule has 35 heavy (non-hydrogen) atoms. The minimum atomic E-state index is -0.00274. The highest BCUT2D eigenvalue weighted by atomic mass is 16.7. The van der Waals surface area contributed by atoms with E-state index in [0.717, 1.165) is 34.1 Å². The largest absolute Gasteiger partial charge is 0.454 e. The molecule has 2 amide bonds. The Morgan fingerprint density at radius 2 is 1.66 bits per heavy atom. The highest BCUT2D eigenvalue weighted by molar-refractivity contribution is 5.92. The number of morpholine rings is 1. The van der Waals surface area contributed by atoms with E-state index in [1.807, 2.05) is 47.9 Å². The summed E-state index contributed by atoms with van der Waals surface area (Å²) >= 11 is 0. The molecule has 9 nitrogen and oxygen atoms in total. The fraction of sp³-hybridized carbons (Fsp3) is 0.462. The maximum atomic E-state index is 12.8. The molecule has 0 N–H and O–H groups in total. The number of hydrogen-bond acceptors (Lipinski definition) is 6. The number of amides is 2. The summed E-state index contributed by atoms with van der Waals surface area (Å²) in [4.78, 5) is 31.2. The maximum absolute atomic E-state index is 12.8. The number of benzene rings is 1. The molecule has 3 aliphatic rings. The lowest BCUT2D eigenvalue weighted by Crippen LogP contribution is -2.52. The van der Waals surface area contributed by atoms with Crippen LogP contribution >= 0.6 is 0 Å². The number of carbonyl (C=O) groups excluding carboxylic acids is 2. The molecule has 2 fully saturated rings. The Labute approximate surface area is 205 Å². The highest BCUT2D eigenvalue weighted by Crippen LogP contribution is 2.35. The summed E-state index contributed by atoms with van der Waals surface area (Å²) < 4.78 is 18.4. The molecule has 2 aromatic rings. The standard InChI is InChI=1S/C26H32N4O5/c1-19-15-21(20(2)30(19)22-4-5-23-24(16-22)35-18-34-23)3-6-25(31)28-9-7-27(8-10-28)17-26(32)29-11-13-33-14-12-29/h3-6,15-16H,7-14,17-18H2,1-2H3/b6-3+. The van der Waals surface area contributed by atoms with Gasteiger partial charge in [-0.1, -0.05) is 0 Å². The van der Waals surface area contributed by atoms with Crippen molar-refractivity contribution in [1.29, 1.82) is 0 Å². The van der Waals surface area contributed by atoms with Crippen LogP contribution in [0.4, 0.5) is 0 Å². The zero-order valence-corrected chi connectivity index (χ0v) is 20.4. The molecule has 0 atom stereocenters. The minimum absolute atomic E-state index is 0.00274. The fourth-order valence-electron chi connectivity index (χ4n) is 4.87. The van der Waals surface area contributed by atoms with Gasteiger partial charge in [0.2, 0.25) is 18.6 Å². The lowest BCUT2D eigenvalue weighted by atomic mass is 10.2. The van der Waals surface area contributed by atoms with Gasteiger partial charge >= 0.3 is 0 Å². The van der Waals surface area contributed by atoms with E-state index in [-0.39, 0.29) is 18.6 Å². The summed E-state index contributed by atoms with van der Waals surface area (Å²) in [7, 11) is 0. The van der Waals surface area contributed by atoms with E-state index in [9.17, 15) is 9.59 Å². The zero-order valence-electron chi connectivity index (χ0n) is 20.4. The van der Waals surface area contributed by atoms with Crippen LogP contribution in [0.5, 0.6) is 11.5 Å². The van der Waals surface area contributed by atoms with Crippen molar-refractivity contribution < 1.29 is 23.8 Å². The van der Waals surface area contributed by atoms with Gasteiger partial charge in [-0.2, -0.15) is 0 Å². The van der Waals surface area contributed by atoms with Gasteiger partial charge in [0, 0.05) is 68.5 Å². The number of aromatic nitrogens is 1. The predicted molar refractivity (Wildman–Crippen MR) is 131 cm³/mol. The smallest absolute Gasteiger partial charge is 0.246 e. The SMILES string of the molecule is Cc1cc(/C=C/C(=O)N2CCN(CC(=O)N3CCOCC3)CC2)c(C)n1-c1ccc2c(c1)OCO2. The van der Waals surface area contributed by atoms with Crippen LogP contribution in [0.15, 0.2) is 30.3 Å². The quantitative estimate of drug-likeness (QED) is 0.608. The van der Waals surface area contributed by atoms with Crippen LogP contribution in [0.3, 0.4) is 0 Å². The van der Waals surface area contributed by atoms with Gasteiger partial charge in [-0.3, -0.25) is 14.5 Å². The Balaban J connectivity index is 1.17. The topological polar surface area (TPSA) is 76.5 Å². The zero-order chi connectivity index (χ0) is 24.4. The van der Waals surface area contributed by atoms with Crippen molar-refractivity contribution in [3.05, 3.63) is 47.3 Å². The van der Waals surface area contributed by atoms with E-state index in [0.29, 0.717) is 59.0 Å². The molecule has 0 bridgehead atoms. The predicted octanol–water partition coefficient (Wildman–Crippen LogP) is 1.84. The molecule has 9 heteroatoms. The average molecular weight is 481 g/mol. The van der Waals surface area contributed by atoms with Crippen LogP contribution in [0.2, 0.25) is 0 Å². The van der Waals surface area contributed by atoms with Crippen LogP contribution in [0.25, 0.3) is 11.8 Å². The first kappa shape index (κ1) is 23.4. The number of aryl methyl sites for hydroxylation is 1. The second kappa shape index (κ2) is 10.1. The van der Waals surface area contributed by atoms with Crippen molar-refractivity contribution in [3.63, 3.8) is 0 Å². The van der Waals surface area contributed by atoms with E-state index < -0.39 is 0 Å². The summed E-state index contributed by atoms with van der Waals surface area (Å²) in [5.74, 6) is 1.64. The van der Waals surface area contributed by atoms with Crippen LogP contribution in [-0.4, -0.2) is 96.9 Å². The Morgan fingerprint density at radius 1 is 0.914 bits per heavy atom. The van der Waals surface area contributed by atoms with Crippen LogP contribution < -0.4 is 9.47 Å². The molecule has 4 heterocycles. The number of fused-ring (bicyclic) bond motifs is 1. The molecule has 1 aromatic carbocycles. The third-order valence-electron chi connectivity index (χ3n) is 6.90. The summed E-state index contributed by atoms with van der Waals surface area (Å²) in [6, 6.07) is 7.99. The Bertz CT molecular complexity index is 1130. The number of nitrogens with zero attached hydrogens (tertiary/aromatic N) is 4. The highest BCUT2D eigenvalue weighted by Gasteiger charge is 2.24. The minimum Gasteiger partial charge on any atom is -0.454 e. The van der Waals surface area contributed by atoms with Crippen molar-refractivity contribution in [2.75, 3.05) is 65.8 Å². The van der Waals surface area contributed by atoms with E-state index in [1.165, 1.54) is 0 Å². The number of rotatable bonds is 5. The van der Waals surface area contributed by atoms with E-state index in [2.05, 4.69) is 15.5 Å². The van der Waals surface area contributed by atoms with Gasteiger partial charge in [-0.25, -0.2) is 0 Å². The molecule has 0 saturated carbocycles. The average Bonchev–Trinajstić information content (AvgIpc) is 3.46. The molecule has 0 aliphatic carbocycles. The van der Waals surface area contributed by atoms with E-state index in [1.54, 1.807) is 6.08 Å². The molecule has 2 saturated heterocycles. The Hall–Kier alpha value is -3.30. The van der Waals surface area contributed by atoms with Gasteiger partial charge < -0.3 is 28.6 Å². The van der Waals surface area contributed by atoms with Crippen molar-refractivity contribution in [1.82, 2.24) is 19.3 Å². The monoisotopic (exact) mass is 480 g/mol. The molecule has 0 unspecified atom stereocenters. The van der Waals surface area contributed by atoms with Crippen molar-refractivity contribution in [2.45, 2.75) is 13.8 Å². The van der Waals surface area contributed by atoms with Gasteiger partial charge in [0.25, 0.3) is 0 Å². The first-order valence-corrected chi connectivity index (χ1v) is 12.1. The second-order valence-corrected chi connectivity index (χ2v) is 9.13. The molecule has 0 radical (unpaired) electrons. The van der Waals surface area contributed by atoms with Gasteiger partial charge in [0.15, 0.2) is 11.5 Å². The summed E-state index contributed by atoms with van der Waals surface area (Å²) in [6.07, 6.45) is 3.54. The third-order valence-corrected chi connectivity index (χ3v) is 6.90. The van der Waals surface area contributed by atoms with Crippen molar-refractivity contribution >= 4 is 17.9 Å². The molecule has 0 spiro atoms. The molecular formula is C26H32N4O5. The van der Waals surface area contributed by atoms with Crippen molar-refractivity contribution in [3.8, 4) is 17.2 Å². The lowest BCUT2D eigenvalue weighted by Gasteiger charge is -2.35. The lowest BCUT2D eigenvalue weighted by molar-refractivity contribution is -0.137. The van der Waals surface area contributed by atoms with Gasteiger partial charge in [-0.05, 0) is 43.7 Å². The number of piperazine rings is 1. The summed E-state index contributed by atoms with van der Waals surface area (Å²) in [6.45, 7) is 9.95. The van der Waals surface area contributed by atoms with E-state index in [4.69, 9.17) is 14.2 Å². The number of carbonyl (C=O) groups is 2. The Kier molecular flexibility index (Phi) is 6.79. The van der Waals surface area contributed by atoms with Crippen LogP contribution in [-0.2, 0) is 14.3 Å². The van der Waals surface area contributed by atoms with Gasteiger partial charge in [0.05, 0.1) is 19.8 Å². The number of ether oxygens (including phenoxy) is 3.